The average molecular weight is 472 g/mol. The lowest BCUT2D eigenvalue weighted by Gasteiger charge is -2.40. The van der Waals surface area contributed by atoms with Gasteiger partial charge in [-0.1, -0.05) is 26.8 Å². The van der Waals surface area contributed by atoms with E-state index in [4.69, 9.17) is 0 Å². The summed E-state index contributed by atoms with van der Waals surface area (Å²) in [4.78, 5) is 19.2. The van der Waals surface area contributed by atoms with Gasteiger partial charge in [-0.2, -0.15) is 0 Å². The Bertz CT molecular complexity index is 1210. The average Bonchev–Trinajstić information content (AvgIpc) is 3.22. The number of aromatic nitrogens is 1. The molecular weight excluding hydrogens is 442 g/mol. The highest BCUT2D eigenvalue weighted by Crippen LogP contribution is 2.37. The Hall–Kier alpha value is -2.45. The van der Waals surface area contributed by atoms with Crippen molar-refractivity contribution in [2.24, 2.45) is 11.3 Å². The number of anilines is 1. The first-order chi connectivity index (χ1) is 15.2. The zero-order chi connectivity index (χ0) is 22.9. The molecule has 6 nitrogen and oxygen atoms in total. The molecule has 0 aliphatic carbocycles. The van der Waals surface area contributed by atoms with Crippen LogP contribution in [0.4, 0.5) is 5.69 Å². The molecule has 0 radical (unpaired) electrons. The Kier molecular flexibility index (Phi) is 6.27. The number of para-hydroxylation sites is 1. The maximum atomic E-state index is 12.9. The van der Waals surface area contributed by atoms with Crippen LogP contribution in [0.2, 0.25) is 0 Å². The fraction of sp³-hybridized carbons (Fsp3) is 0.417. The number of carbonyl (C=O) groups excluding carboxylic acids is 1. The minimum atomic E-state index is -3.79. The third-order valence-electron chi connectivity index (χ3n) is 6.16. The molecule has 1 aliphatic heterocycles. The second kappa shape index (κ2) is 8.83. The number of sulfonamides is 1. The van der Waals surface area contributed by atoms with Gasteiger partial charge in [0, 0.05) is 24.3 Å². The molecule has 1 aliphatic rings. The molecule has 1 amide bonds. The van der Waals surface area contributed by atoms with Gasteiger partial charge in [0.05, 0.1) is 10.2 Å². The van der Waals surface area contributed by atoms with Crippen LogP contribution in [-0.4, -0.2) is 37.3 Å². The first-order valence-electron chi connectivity index (χ1n) is 10.9. The van der Waals surface area contributed by atoms with Crippen LogP contribution in [-0.2, 0) is 10.0 Å². The van der Waals surface area contributed by atoms with Crippen LogP contribution in [0.5, 0.6) is 0 Å². The number of thiazole rings is 1. The van der Waals surface area contributed by atoms with Crippen molar-refractivity contribution in [2.45, 2.75) is 44.9 Å². The number of hydrogen-bond acceptors (Lipinski definition) is 5. The van der Waals surface area contributed by atoms with E-state index >= 15 is 0 Å². The fourth-order valence-electron chi connectivity index (χ4n) is 4.59. The molecule has 1 saturated heterocycles. The molecule has 0 atom stereocenters. The van der Waals surface area contributed by atoms with Crippen molar-refractivity contribution in [2.75, 3.05) is 17.8 Å². The molecule has 2 aromatic carbocycles. The molecule has 1 fully saturated rings. The Balaban J connectivity index is 1.43. The number of hydrogen-bond donors (Lipinski definition) is 1. The number of rotatable bonds is 6. The lowest BCUT2D eigenvalue weighted by atomic mass is 9.74. The van der Waals surface area contributed by atoms with Crippen LogP contribution in [0.25, 0.3) is 10.2 Å². The van der Waals surface area contributed by atoms with Crippen molar-refractivity contribution in [3.05, 3.63) is 53.5 Å². The van der Waals surface area contributed by atoms with E-state index in [-0.39, 0.29) is 10.8 Å². The van der Waals surface area contributed by atoms with Crippen LogP contribution in [0, 0.1) is 11.3 Å². The Morgan fingerprint density at radius 1 is 1.16 bits per heavy atom. The van der Waals surface area contributed by atoms with E-state index in [0.29, 0.717) is 28.1 Å². The van der Waals surface area contributed by atoms with Crippen molar-refractivity contribution >= 4 is 43.2 Å². The number of benzene rings is 2. The number of amides is 1. The van der Waals surface area contributed by atoms with Crippen LogP contribution in [0.15, 0.2) is 52.9 Å². The normalized spacial score (nSPS) is 16.4. The molecule has 2 heterocycles. The second-order valence-corrected chi connectivity index (χ2v) is 11.9. The van der Waals surface area contributed by atoms with Crippen LogP contribution >= 0.6 is 11.3 Å². The Labute approximate surface area is 193 Å². The molecule has 0 unspecified atom stereocenters. The topological polar surface area (TPSA) is 79.4 Å². The van der Waals surface area contributed by atoms with Gasteiger partial charge in [0.1, 0.15) is 10.4 Å². The Morgan fingerprint density at radius 2 is 1.84 bits per heavy atom. The SMILES string of the molecule is CC(C)CC1(C)CCN(C(=O)c2ccc(NS(=O)(=O)c3cccc4scnc34)cc2)CC1. The summed E-state index contributed by atoms with van der Waals surface area (Å²) in [5.74, 6) is 0.652. The highest BCUT2D eigenvalue weighted by atomic mass is 32.2. The fourth-order valence-corrected chi connectivity index (χ4v) is 6.59. The third kappa shape index (κ3) is 4.81. The van der Waals surface area contributed by atoms with E-state index in [2.05, 4.69) is 30.5 Å². The van der Waals surface area contributed by atoms with Crippen molar-refractivity contribution in [1.82, 2.24) is 9.88 Å². The number of likely N-dealkylation sites (tertiary alicyclic amines) is 1. The largest absolute Gasteiger partial charge is 0.339 e. The summed E-state index contributed by atoms with van der Waals surface area (Å²) < 4.78 is 29.2. The molecule has 4 rings (SSSR count). The molecule has 0 bridgehead atoms. The molecule has 8 heteroatoms. The van der Waals surface area contributed by atoms with Crippen LogP contribution in [0.1, 0.15) is 50.4 Å². The van der Waals surface area contributed by atoms with Crippen molar-refractivity contribution < 1.29 is 13.2 Å². The second-order valence-electron chi connectivity index (χ2n) is 9.34. The molecule has 32 heavy (non-hydrogen) atoms. The molecule has 3 aromatic rings. The minimum Gasteiger partial charge on any atom is -0.339 e. The predicted molar refractivity (Wildman–Crippen MR) is 130 cm³/mol. The van der Waals surface area contributed by atoms with E-state index in [9.17, 15) is 13.2 Å². The molecule has 170 valence electrons. The first kappa shape index (κ1) is 22.7. The van der Waals surface area contributed by atoms with Gasteiger partial charge in [0.25, 0.3) is 15.9 Å². The summed E-state index contributed by atoms with van der Waals surface area (Å²) >= 11 is 1.40. The van der Waals surface area contributed by atoms with Gasteiger partial charge in [-0.3, -0.25) is 9.52 Å². The zero-order valence-electron chi connectivity index (χ0n) is 18.7. The van der Waals surface area contributed by atoms with Crippen molar-refractivity contribution in [1.29, 1.82) is 0 Å². The number of fused-ring (bicyclic) bond motifs is 1. The molecule has 0 spiro atoms. The molecule has 0 saturated carbocycles. The summed E-state index contributed by atoms with van der Waals surface area (Å²) in [6.07, 6.45) is 3.20. The maximum absolute atomic E-state index is 12.9. The minimum absolute atomic E-state index is 0.00162. The first-order valence-corrected chi connectivity index (χ1v) is 13.3. The zero-order valence-corrected chi connectivity index (χ0v) is 20.3. The molecule has 1 N–H and O–H groups in total. The van der Waals surface area contributed by atoms with Crippen molar-refractivity contribution in [3.63, 3.8) is 0 Å². The van der Waals surface area contributed by atoms with Crippen molar-refractivity contribution in [3.8, 4) is 0 Å². The van der Waals surface area contributed by atoms with E-state index in [1.807, 2.05) is 11.0 Å². The van der Waals surface area contributed by atoms with Crippen LogP contribution in [0.3, 0.4) is 0 Å². The third-order valence-corrected chi connectivity index (χ3v) is 8.36. The molecule has 1 aromatic heterocycles. The summed E-state index contributed by atoms with van der Waals surface area (Å²) in [7, 11) is -3.79. The standard InChI is InChI=1S/C24H29N3O3S2/c1-17(2)15-24(3)11-13-27(14-12-24)23(28)18-7-9-19(10-8-18)26-32(29,30)21-6-4-5-20-22(21)25-16-31-20/h4-10,16-17,26H,11-15H2,1-3H3. The van der Waals surface area contributed by atoms with E-state index in [1.165, 1.54) is 17.8 Å². The van der Waals surface area contributed by atoms with Gasteiger partial charge in [0.2, 0.25) is 0 Å². The summed E-state index contributed by atoms with van der Waals surface area (Å²) in [5.41, 5.74) is 3.38. The number of nitrogens with zero attached hydrogens (tertiary/aromatic N) is 2. The Morgan fingerprint density at radius 3 is 2.50 bits per heavy atom. The van der Waals surface area contributed by atoms with Crippen LogP contribution < -0.4 is 4.72 Å². The highest BCUT2D eigenvalue weighted by molar-refractivity contribution is 7.93. The summed E-state index contributed by atoms with van der Waals surface area (Å²) in [6.45, 7) is 8.33. The number of nitrogens with one attached hydrogen (secondary N) is 1. The highest BCUT2D eigenvalue weighted by Gasteiger charge is 2.32. The van der Waals surface area contributed by atoms with Gasteiger partial charge in [-0.15, -0.1) is 11.3 Å². The smallest absolute Gasteiger partial charge is 0.264 e. The molecular formula is C24H29N3O3S2. The maximum Gasteiger partial charge on any atom is 0.264 e. The summed E-state index contributed by atoms with van der Waals surface area (Å²) in [5, 5.41) is 0. The summed E-state index contributed by atoms with van der Waals surface area (Å²) in [6, 6.07) is 11.8. The number of piperidine rings is 1. The van der Waals surface area contributed by atoms with E-state index < -0.39 is 10.0 Å². The van der Waals surface area contributed by atoms with Gasteiger partial charge < -0.3 is 4.90 Å². The van der Waals surface area contributed by atoms with E-state index in [0.717, 1.165) is 30.6 Å². The van der Waals surface area contributed by atoms with Gasteiger partial charge in [-0.05, 0) is 67.0 Å². The van der Waals surface area contributed by atoms with Gasteiger partial charge in [0.15, 0.2) is 0 Å². The number of carbonyl (C=O) groups is 1. The lowest BCUT2D eigenvalue weighted by molar-refractivity contribution is 0.0570. The van der Waals surface area contributed by atoms with Gasteiger partial charge in [-0.25, -0.2) is 13.4 Å². The van der Waals surface area contributed by atoms with E-state index in [1.54, 1.807) is 41.9 Å². The van der Waals surface area contributed by atoms with Gasteiger partial charge >= 0.3 is 0 Å². The predicted octanol–water partition coefficient (Wildman–Crippen LogP) is 5.39. The lowest BCUT2D eigenvalue weighted by Crippen LogP contribution is -2.42. The monoisotopic (exact) mass is 471 g/mol. The quantitative estimate of drug-likeness (QED) is 0.523.